The fraction of sp³-hybridized carbons (Fsp3) is 0.667. The molecule has 0 aromatic carbocycles. The number of thioether (sulfide) groups is 1. The summed E-state index contributed by atoms with van der Waals surface area (Å²) < 4.78 is 0. The Morgan fingerprint density at radius 3 is 2.35 bits per heavy atom. The van der Waals surface area contributed by atoms with Crippen molar-refractivity contribution in [3.63, 3.8) is 0 Å². The summed E-state index contributed by atoms with van der Waals surface area (Å²) in [7, 11) is 3.55. The predicted octanol–water partition coefficient (Wildman–Crippen LogP) is 3.95. The van der Waals surface area contributed by atoms with Crippen LogP contribution >= 0.6 is 11.8 Å². The van der Waals surface area contributed by atoms with Crippen molar-refractivity contribution in [1.29, 1.82) is 0 Å². The van der Waals surface area contributed by atoms with Gasteiger partial charge in [-0.3, -0.25) is 9.59 Å². The molecule has 132 valence electrons. The van der Waals surface area contributed by atoms with Crippen LogP contribution in [0.1, 0.15) is 52.9 Å². The highest BCUT2D eigenvalue weighted by Crippen LogP contribution is 2.28. The smallest absolute Gasteiger partial charge is 0.257 e. The molecule has 1 saturated carbocycles. The number of rotatable bonds is 6. The van der Waals surface area contributed by atoms with Gasteiger partial charge in [0.1, 0.15) is 0 Å². The minimum atomic E-state index is -0.141. The van der Waals surface area contributed by atoms with Gasteiger partial charge in [-0.05, 0) is 30.6 Å². The zero-order valence-electron chi connectivity index (χ0n) is 15.3. The maximum Gasteiger partial charge on any atom is 0.257 e. The number of allylic oxidation sites excluding steroid dienone is 1. The van der Waals surface area contributed by atoms with Crippen molar-refractivity contribution >= 4 is 23.6 Å². The van der Waals surface area contributed by atoms with Crippen LogP contribution in [-0.2, 0) is 9.59 Å². The molecule has 0 aliphatic heterocycles. The first-order valence-electron chi connectivity index (χ1n) is 8.41. The number of carbonyl (C=O) groups is 2. The number of nitrogens with one attached hydrogen (secondary N) is 1. The van der Waals surface area contributed by atoms with Crippen LogP contribution < -0.4 is 5.32 Å². The quantitative estimate of drug-likeness (QED) is 0.745. The minimum Gasteiger partial charge on any atom is -0.349 e. The summed E-state index contributed by atoms with van der Waals surface area (Å²) in [5, 5.41) is 3.00. The van der Waals surface area contributed by atoms with Crippen molar-refractivity contribution in [1.82, 2.24) is 10.2 Å². The molecule has 2 amide bonds. The fourth-order valence-electron chi connectivity index (χ4n) is 2.47. The van der Waals surface area contributed by atoms with E-state index < -0.39 is 0 Å². The van der Waals surface area contributed by atoms with Crippen molar-refractivity contribution in [2.24, 2.45) is 5.92 Å². The molecule has 23 heavy (non-hydrogen) atoms. The van der Waals surface area contributed by atoms with E-state index in [0.717, 1.165) is 37.0 Å². The van der Waals surface area contributed by atoms with Gasteiger partial charge in [0.2, 0.25) is 5.91 Å². The van der Waals surface area contributed by atoms with Crippen LogP contribution in [0.4, 0.5) is 0 Å². The molecule has 0 aromatic heterocycles. The highest BCUT2D eigenvalue weighted by atomic mass is 32.2. The molecule has 1 aliphatic rings. The van der Waals surface area contributed by atoms with Crippen LogP contribution in [0.3, 0.4) is 0 Å². The van der Waals surface area contributed by atoms with E-state index in [4.69, 9.17) is 0 Å². The van der Waals surface area contributed by atoms with Gasteiger partial charge in [-0.1, -0.05) is 52.1 Å². The van der Waals surface area contributed by atoms with E-state index in [0.29, 0.717) is 4.91 Å². The van der Waals surface area contributed by atoms with Gasteiger partial charge >= 0.3 is 0 Å². The molecule has 0 heterocycles. The molecule has 0 unspecified atom stereocenters. The van der Waals surface area contributed by atoms with Crippen molar-refractivity contribution in [2.45, 2.75) is 58.9 Å². The van der Waals surface area contributed by atoms with Gasteiger partial charge in [0.05, 0.1) is 4.91 Å². The van der Waals surface area contributed by atoms with Gasteiger partial charge < -0.3 is 10.2 Å². The van der Waals surface area contributed by atoms with E-state index in [1.54, 1.807) is 19.0 Å². The summed E-state index contributed by atoms with van der Waals surface area (Å²) in [5.41, 5.74) is 0. The van der Waals surface area contributed by atoms with Crippen molar-refractivity contribution in [3.05, 3.63) is 23.0 Å². The Kier molecular flexibility index (Phi) is 10.7. The average Bonchev–Trinajstić information content (AvgIpc) is 2.55. The Morgan fingerprint density at radius 2 is 1.83 bits per heavy atom. The predicted molar refractivity (Wildman–Crippen MR) is 100 cm³/mol. The molecule has 0 radical (unpaired) electrons. The summed E-state index contributed by atoms with van der Waals surface area (Å²) >= 11 is 1.33. The van der Waals surface area contributed by atoms with E-state index in [-0.39, 0.29) is 23.8 Å². The van der Waals surface area contributed by atoms with Crippen molar-refractivity contribution < 1.29 is 9.59 Å². The lowest BCUT2D eigenvalue weighted by Gasteiger charge is -2.30. The molecule has 1 aliphatic carbocycles. The molecule has 4 nitrogen and oxygen atoms in total. The van der Waals surface area contributed by atoms with Gasteiger partial charge in [-0.25, -0.2) is 0 Å². The molecule has 1 rings (SSSR count). The Morgan fingerprint density at radius 1 is 1.22 bits per heavy atom. The van der Waals surface area contributed by atoms with Crippen molar-refractivity contribution in [3.8, 4) is 0 Å². The summed E-state index contributed by atoms with van der Waals surface area (Å²) in [5.74, 6) is 0.0321. The third-order valence-electron chi connectivity index (χ3n) is 3.71. The van der Waals surface area contributed by atoms with Crippen LogP contribution in [0.15, 0.2) is 23.0 Å². The molecule has 0 aromatic rings. The zero-order valence-corrected chi connectivity index (χ0v) is 16.1. The Bertz CT molecular complexity index is 433. The Labute approximate surface area is 145 Å². The highest BCUT2D eigenvalue weighted by Gasteiger charge is 2.29. The topological polar surface area (TPSA) is 49.4 Å². The lowest BCUT2D eigenvalue weighted by Crippen LogP contribution is -2.42. The first-order chi connectivity index (χ1) is 10.8. The molecule has 2 atom stereocenters. The van der Waals surface area contributed by atoms with Crippen LogP contribution in [-0.4, -0.2) is 36.9 Å². The van der Waals surface area contributed by atoms with E-state index in [1.165, 1.54) is 11.8 Å². The number of hydrogen-bond donors (Lipinski definition) is 1. The maximum atomic E-state index is 12.1. The molecule has 0 spiro atoms. The molecular weight excluding hydrogens is 308 g/mol. The molecule has 1 fully saturated rings. The van der Waals surface area contributed by atoms with Gasteiger partial charge in [-0.2, -0.15) is 0 Å². The van der Waals surface area contributed by atoms with Gasteiger partial charge in [0.15, 0.2) is 0 Å². The second-order valence-corrected chi connectivity index (χ2v) is 6.96. The molecule has 0 saturated heterocycles. The highest BCUT2D eigenvalue weighted by molar-refractivity contribution is 8.07. The molecule has 5 heteroatoms. The van der Waals surface area contributed by atoms with Crippen LogP contribution in [0, 0.1) is 5.92 Å². The number of amides is 2. The molecule has 0 bridgehead atoms. The largest absolute Gasteiger partial charge is 0.349 e. The van der Waals surface area contributed by atoms with E-state index in [9.17, 15) is 9.59 Å². The number of nitrogens with zero attached hydrogens (tertiary/aromatic N) is 1. The normalized spacial score (nSPS) is 19.9. The maximum absolute atomic E-state index is 12.1. The second kappa shape index (κ2) is 11.3. The first-order valence-corrected chi connectivity index (χ1v) is 9.23. The Hall–Kier alpha value is -1.23. The number of carbonyl (C=O) groups excluding carboxylic acids is 2. The van der Waals surface area contributed by atoms with Crippen LogP contribution in [0.25, 0.3) is 0 Å². The third-order valence-corrected chi connectivity index (χ3v) is 4.72. The van der Waals surface area contributed by atoms with E-state index >= 15 is 0 Å². The number of hydrogen-bond acceptors (Lipinski definition) is 3. The van der Waals surface area contributed by atoms with E-state index in [1.807, 2.05) is 20.8 Å². The minimum absolute atomic E-state index is 0.0191. The van der Waals surface area contributed by atoms with Crippen LogP contribution in [0.5, 0.6) is 0 Å². The second-order valence-electron chi connectivity index (χ2n) is 5.68. The fourth-order valence-corrected chi connectivity index (χ4v) is 3.11. The lowest BCUT2D eigenvalue weighted by molar-refractivity contribution is -0.134. The van der Waals surface area contributed by atoms with Gasteiger partial charge in [0.25, 0.3) is 5.91 Å². The monoisotopic (exact) mass is 340 g/mol. The average molecular weight is 341 g/mol. The van der Waals surface area contributed by atoms with Gasteiger partial charge in [-0.15, -0.1) is 0 Å². The standard InChI is InChI=1S/C16H26N2O2S.C2H6/c1-6-11(2)21-12(3)15(19)17-14-9-7-8-13(10-14)16(20)18(4)5;1-2/h13-14H,2-3,6-10H2,1,4-5H3,(H,17,19);1-2H3/t13-,14-;/m0./s1. The molecule has 1 N–H and O–H groups in total. The molecular formula is C18H32N2O2S. The SMILES string of the molecule is C=C(CC)SC(=C)C(=O)N[C@H]1CCC[C@H](C(=O)N(C)C)C1.CC. The third kappa shape index (κ3) is 7.73. The first kappa shape index (κ1) is 21.8. The summed E-state index contributed by atoms with van der Waals surface area (Å²) in [6, 6.07) is 0.0624. The Balaban J connectivity index is 0.00000232. The van der Waals surface area contributed by atoms with Gasteiger partial charge in [0, 0.05) is 26.1 Å². The van der Waals surface area contributed by atoms with Crippen LogP contribution in [0.2, 0.25) is 0 Å². The summed E-state index contributed by atoms with van der Waals surface area (Å²) in [4.78, 5) is 27.2. The van der Waals surface area contributed by atoms with E-state index in [2.05, 4.69) is 18.5 Å². The summed E-state index contributed by atoms with van der Waals surface area (Å²) in [6.45, 7) is 13.7. The summed E-state index contributed by atoms with van der Waals surface area (Å²) in [6.07, 6.45) is 4.34. The zero-order chi connectivity index (χ0) is 18.0. The van der Waals surface area contributed by atoms with Crippen molar-refractivity contribution in [2.75, 3.05) is 14.1 Å². The lowest BCUT2D eigenvalue weighted by atomic mass is 9.85.